The first-order chi connectivity index (χ1) is 11.4. The Balaban J connectivity index is 1.27. The summed E-state index contributed by atoms with van der Waals surface area (Å²) in [7, 11) is 0. The van der Waals surface area contributed by atoms with Crippen LogP contribution in [0.15, 0.2) is 60.2 Å². The van der Waals surface area contributed by atoms with Gasteiger partial charge in [-0.25, -0.2) is 0 Å². The van der Waals surface area contributed by atoms with Crippen molar-refractivity contribution in [3.63, 3.8) is 0 Å². The predicted molar refractivity (Wildman–Crippen MR) is 95.7 cm³/mol. The van der Waals surface area contributed by atoms with Gasteiger partial charge >= 0.3 is 0 Å². The summed E-state index contributed by atoms with van der Waals surface area (Å²) in [6.45, 7) is 3.56. The molecule has 2 nitrogen and oxygen atoms in total. The van der Waals surface area contributed by atoms with E-state index in [4.69, 9.17) is 0 Å². The SMILES string of the molecule is C1=C(CN2CC3C[C@@H]2CN3c2ccccc2)Cc2ccccc21. The summed E-state index contributed by atoms with van der Waals surface area (Å²) in [5, 5.41) is 0. The molecule has 1 aliphatic carbocycles. The molecule has 2 heteroatoms. The molecule has 2 heterocycles. The summed E-state index contributed by atoms with van der Waals surface area (Å²) in [5.41, 5.74) is 5.91. The zero-order valence-corrected chi connectivity index (χ0v) is 13.4. The summed E-state index contributed by atoms with van der Waals surface area (Å²) >= 11 is 0. The molecule has 116 valence electrons. The number of para-hydroxylation sites is 1. The predicted octanol–water partition coefficient (Wildman–Crippen LogP) is 3.59. The van der Waals surface area contributed by atoms with Crippen molar-refractivity contribution in [1.82, 2.24) is 4.90 Å². The number of likely N-dealkylation sites (tertiary alicyclic amines) is 1. The van der Waals surface area contributed by atoms with Crippen molar-refractivity contribution in [3.05, 3.63) is 71.3 Å². The standard InChI is InChI=1S/C21H22N2/c1-2-8-19(9-3-1)23-15-20-12-21(23)14-22(20)13-16-10-17-6-4-5-7-18(17)11-16/h1-10,20-21H,11-15H2/t20-,21?/m1/s1. The van der Waals surface area contributed by atoms with E-state index in [1.165, 1.54) is 36.3 Å². The van der Waals surface area contributed by atoms with Crippen molar-refractivity contribution < 1.29 is 0 Å². The fraction of sp³-hybridized carbons (Fsp3) is 0.333. The van der Waals surface area contributed by atoms with Crippen LogP contribution in [-0.4, -0.2) is 36.6 Å². The van der Waals surface area contributed by atoms with Crippen LogP contribution in [0.2, 0.25) is 0 Å². The fourth-order valence-corrected chi connectivity index (χ4v) is 4.59. The van der Waals surface area contributed by atoms with Gasteiger partial charge in [0.1, 0.15) is 0 Å². The molecule has 0 saturated carbocycles. The number of rotatable bonds is 3. The number of benzene rings is 2. The van der Waals surface area contributed by atoms with Crippen molar-refractivity contribution >= 4 is 11.8 Å². The van der Waals surface area contributed by atoms with E-state index in [1.54, 1.807) is 5.57 Å². The van der Waals surface area contributed by atoms with Crippen LogP contribution in [0.1, 0.15) is 17.5 Å². The Kier molecular flexibility index (Phi) is 3.05. The molecule has 2 fully saturated rings. The normalized spacial score (nSPS) is 25.7. The first-order valence-electron chi connectivity index (χ1n) is 8.70. The van der Waals surface area contributed by atoms with E-state index in [-0.39, 0.29) is 0 Å². The molecule has 2 atom stereocenters. The van der Waals surface area contributed by atoms with Crippen LogP contribution in [0.5, 0.6) is 0 Å². The van der Waals surface area contributed by atoms with E-state index in [0.717, 1.165) is 19.0 Å². The maximum Gasteiger partial charge on any atom is 0.0433 e. The zero-order chi connectivity index (χ0) is 15.2. The Hall–Kier alpha value is -2.06. The van der Waals surface area contributed by atoms with E-state index in [1.807, 2.05) is 0 Å². The molecule has 0 N–H and O–H groups in total. The lowest BCUT2D eigenvalue weighted by molar-refractivity contribution is 0.258. The van der Waals surface area contributed by atoms with Crippen LogP contribution in [0.25, 0.3) is 6.08 Å². The number of piperazine rings is 1. The second-order valence-corrected chi connectivity index (χ2v) is 7.14. The summed E-state index contributed by atoms with van der Waals surface area (Å²) in [4.78, 5) is 5.32. The summed E-state index contributed by atoms with van der Waals surface area (Å²) in [6, 6.07) is 21.2. The van der Waals surface area contributed by atoms with Gasteiger partial charge in [-0.1, -0.05) is 54.1 Å². The smallest absolute Gasteiger partial charge is 0.0433 e. The summed E-state index contributed by atoms with van der Waals surface area (Å²) in [6.07, 6.45) is 4.89. The number of hydrogen-bond donors (Lipinski definition) is 0. The lowest BCUT2D eigenvalue weighted by atomic mass is 10.1. The van der Waals surface area contributed by atoms with Gasteiger partial charge in [-0.2, -0.15) is 0 Å². The van der Waals surface area contributed by atoms with Gasteiger partial charge in [-0.15, -0.1) is 0 Å². The van der Waals surface area contributed by atoms with E-state index < -0.39 is 0 Å². The molecule has 2 aromatic rings. The minimum Gasteiger partial charge on any atom is -0.366 e. The summed E-state index contributed by atoms with van der Waals surface area (Å²) in [5.74, 6) is 0. The number of nitrogens with zero attached hydrogens (tertiary/aromatic N) is 2. The Bertz CT molecular complexity index is 749. The second-order valence-electron chi connectivity index (χ2n) is 7.14. The highest BCUT2D eigenvalue weighted by Crippen LogP contribution is 2.36. The van der Waals surface area contributed by atoms with Crippen LogP contribution in [0.4, 0.5) is 5.69 Å². The van der Waals surface area contributed by atoms with Crippen LogP contribution >= 0.6 is 0 Å². The van der Waals surface area contributed by atoms with E-state index in [2.05, 4.69) is 70.5 Å². The molecular weight excluding hydrogens is 280 g/mol. The first kappa shape index (κ1) is 13.4. The highest BCUT2D eigenvalue weighted by molar-refractivity contribution is 5.64. The van der Waals surface area contributed by atoms with Gasteiger partial charge in [0, 0.05) is 37.4 Å². The summed E-state index contributed by atoms with van der Waals surface area (Å²) < 4.78 is 0. The van der Waals surface area contributed by atoms with Crippen LogP contribution < -0.4 is 4.90 Å². The van der Waals surface area contributed by atoms with Crippen molar-refractivity contribution in [1.29, 1.82) is 0 Å². The fourth-order valence-electron chi connectivity index (χ4n) is 4.59. The van der Waals surface area contributed by atoms with Crippen molar-refractivity contribution in [2.75, 3.05) is 24.5 Å². The third kappa shape index (κ3) is 2.29. The zero-order valence-electron chi connectivity index (χ0n) is 13.4. The maximum atomic E-state index is 2.71. The molecule has 0 spiro atoms. The van der Waals surface area contributed by atoms with Crippen LogP contribution in [0.3, 0.4) is 0 Å². The maximum absolute atomic E-state index is 2.71. The monoisotopic (exact) mass is 302 g/mol. The van der Waals surface area contributed by atoms with Gasteiger partial charge in [0.2, 0.25) is 0 Å². The van der Waals surface area contributed by atoms with Gasteiger partial charge < -0.3 is 4.90 Å². The molecule has 2 bridgehead atoms. The number of anilines is 1. The Morgan fingerprint density at radius 1 is 0.870 bits per heavy atom. The first-order valence-corrected chi connectivity index (χ1v) is 8.70. The van der Waals surface area contributed by atoms with Gasteiger partial charge in [-0.3, -0.25) is 4.90 Å². The molecule has 0 aromatic heterocycles. The van der Waals surface area contributed by atoms with E-state index >= 15 is 0 Å². The Morgan fingerprint density at radius 2 is 1.70 bits per heavy atom. The second kappa shape index (κ2) is 5.24. The molecule has 2 aromatic carbocycles. The molecule has 0 amide bonds. The molecule has 2 saturated heterocycles. The van der Waals surface area contributed by atoms with Crippen molar-refractivity contribution in [2.45, 2.75) is 24.9 Å². The van der Waals surface area contributed by atoms with Crippen molar-refractivity contribution in [3.8, 4) is 0 Å². The van der Waals surface area contributed by atoms with Crippen LogP contribution in [0, 0.1) is 0 Å². The largest absolute Gasteiger partial charge is 0.366 e. The molecule has 2 aliphatic heterocycles. The average Bonchev–Trinajstić information content (AvgIpc) is 3.28. The Labute approximate surface area is 138 Å². The van der Waals surface area contributed by atoms with Crippen molar-refractivity contribution in [2.24, 2.45) is 0 Å². The highest BCUT2D eigenvalue weighted by atomic mass is 15.3. The number of fused-ring (bicyclic) bond motifs is 3. The molecule has 5 rings (SSSR count). The van der Waals surface area contributed by atoms with Gasteiger partial charge in [0.25, 0.3) is 0 Å². The lowest BCUT2D eigenvalue weighted by Gasteiger charge is -2.35. The van der Waals surface area contributed by atoms with Gasteiger partial charge in [0.15, 0.2) is 0 Å². The third-order valence-electron chi connectivity index (χ3n) is 5.68. The molecule has 0 radical (unpaired) electrons. The minimum atomic E-state index is 0.701. The minimum absolute atomic E-state index is 0.701. The van der Waals surface area contributed by atoms with Crippen LogP contribution in [-0.2, 0) is 6.42 Å². The topological polar surface area (TPSA) is 6.48 Å². The van der Waals surface area contributed by atoms with E-state index in [9.17, 15) is 0 Å². The highest BCUT2D eigenvalue weighted by Gasteiger charge is 2.43. The molecule has 3 aliphatic rings. The van der Waals surface area contributed by atoms with Gasteiger partial charge in [0.05, 0.1) is 0 Å². The average molecular weight is 302 g/mol. The van der Waals surface area contributed by atoms with E-state index in [0.29, 0.717) is 6.04 Å². The van der Waals surface area contributed by atoms with Gasteiger partial charge in [-0.05, 0) is 36.1 Å². The third-order valence-corrected chi connectivity index (χ3v) is 5.68. The quantitative estimate of drug-likeness (QED) is 0.855. The lowest BCUT2D eigenvalue weighted by Crippen LogP contribution is -2.47. The Morgan fingerprint density at radius 3 is 2.48 bits per heavy atom. The molecule has 23 heavy (non-hydrogen) atoms. The molecule has 1 unspecified atom stereocenters. The number of hydrogen-bond acceptors (Lipinski definition) is 2. The molecular formula is C21H22N2.